The number of methoxy groups -OCH3 is 3. The van der Waals surface area contributed by atoms with Crippen LogP contribution in [-0.4, -0.2) is 69.0 Å². The van der Waals surface area contributed by atoms with Gasteiger partial charge >= 0.3 is 0 Å². The van der Waals surface area contributed by atoms with Gasteiger partial charge in [0.25, 0.3) is 0 Å². The molecular formula is C22H29Cl2N3O4. The molecule has 2 aromatic carbocycles. The zero-order chi connectivity index (χ0) is 22.5. The van der Waals surface area contributed by atoms with Crippen LogP contribution in [0.2, 0.25) is 10.0 Å². The summed E-state index contributed by atoms with van der Waals surface area (Å²) in [4.78, 5) is 4.57. The second kappa shape index (κ2) is 10.6. The van der Waals surface area contributed by atoms with E-state index in [-0.39, 0.29) is 12.6 Å². The van der Waals surface area contributed by atoms with Crippen molar-refractivity contribution >= 4 is 28.9 Å². The van der Waals surface area contributed by atoms with Gasteiger partial charge in [0.1, 0.15) is 0 Å². The largest absolute Gasteiger partial charge is 0.493 e. The summed E-state index contributed by atoms with van der Waals surface area (Å²) in [6.45, 7) is 3.68. The van der Waals surface area contributed by atoms with Gasteiger partial charge in [-0.15, -0.1) is 0 Å². The van der Waals surface area contributed by atoms with Crippen molar-refractivity contribution < 1.29 is 19.3 Å². The van der Waals surface area contributed by atoms with Gasteiger partial charge in [-0.05, 0) is 23.8 Å². The molecule has 2 aromatic rings. The van der Waals surface area contributed by atoms with Crippen molar-refractivity contribution in [1.29, 1.82) is 0 Å². The number of halogens is 2. The lowest BCUT2D eigenvalue weighted by Crippen LogP contribution is -2.48. The van der Waals surface area contributed by atoms with E-state index in [2.05, 4.69) is 9.80 Å². The smallest absolute Gasteiger partial charge is 0.203 e. The summed E-state index contributed by atoms with van der Waals surface area (Å²) in [7, 11) is 4.83. The SMILES string of the molecule is COc1ccc(CN2CCN(CCO)[C@@H](c3cc(Cl)c(N)c(Cl)c3)C2)c(OC)c1OC. The Balaban J connectivity index is 1.88. The Morgan fingerprint density at radius 1 is 1.03 bits per heavy atom. The molecule has 7 nitrogen and oxygen atoms in total. The van der Waals surface area contributed by atoms with Crippen LogP contribution in [0.3, 0.4) is 0 Å². The second-order valence-electron chi connectivity index (χ2n) is 7.40. The number of β-amino-alcohol motifs (C(OH)–C–C–N with tert-alkyl or cyclic N) is 1. The zero-order valence-electron chi connectivity index (χ0n) is 18.0. The van der Waals surface area contributed by atoms with Crippen LogP contribution in [0.1, 0.15) is 17.2 Å². The van der Waals surface area contributed by atoms with Gasteiger partial charge in [-0.1, -0.05) is 29.3 Å². The van der Waals surface area contributed by atoms with E-state index in [0.717, 1.165) is 30.8 Å². The molecule has 170 valence electrons. The minimum absolute atomic E-state index is 0.0163. The highest BCUT2D eigenvalue weighted by Gasteiger charge is 2.30. The zero-order valence-corrected chi connectivity index (χ0v) is 19.5. The molecule has 0 spiro atoms. The lowest BCUT2D eigenvalue weighted by molar-refractivity contribution is 0.0554. The molecule has 1 aliphatic rings. The van der Waals surface area contributed by atoms with Gasteiger partial charge in [0.05, 0.1) is 43.7 Å². The third-order valence-electron chi connectivity index (χ3n) is 5.63. The van der Waals surface area contributed by atoms with Crippen LogP contribution in [0.5, 0.6) is 17.2 Å². The lowest BCUT2D eigenvalue weighted by Gasteiger charge is -2.42. The molecule has 0 aromatic heterocycles. The van der Waals surface area contributed by atoms with E-state index in [1.165, 1.54) is 0 Å². The normalized spacial score (nSPS) is 17.5. The Morgan fingerprint density at radius 2 is 1.71 bits per heavy atom. The lowest BCUT2D eigenvalue weighted by atomic mass is 10.0. The fourth-order valence-electron chi connectivity index (χ4n) is 4.06. The third kappa shape index (κ3) is 5.13. The molecule has 3 N–H and O–H groups in total. The molecule has 1 heterocycles. The monoisotopic (exact) mass is 469 g/mol. The van der Waals surface area contributed by atoms with Crippen LogP contribution in [0.4, 0.5) is 5.69 Å². The van der Waals surface area contributed by atoms with E-state index in [1.807, 2.05) is 24.3 Å². The summed E-state index contributed by atoms with van der Waals surface area (Å²) >= 11 is 12.6. The maximum absolute atomic E-state index is 9.54. The summed E-state index contributed by atoms with van der Waals surface area (Å²) in [5.74, 6) is 1.87. The van der Waals surface area contributed by atoms with Crippen LogP contribution in [0.15, 0.2) is 24.3 Å². The van der Waals surface area contributed by atoms with Crippen molar-refractivity contribution in [3.8, 4) is 17.2 Å². The Hall–Kier alpha value is -1.90. The number of nitrogen functional groups attached to an aromatic ring is 1. The van der Waals surface area contributed by atoms with Gasteiger partial charge in [0.15, 0.2) is 11.5 Å². The summed E-state index contributed by atoms with van der Waals surface area (Å²) in [5, 5.41) is 10.4. The molecule has 1 atom stereocenters. The minimum Gasteiger partial charge on any atom is -0.493 e. The van der Waals surface area contributed by atoms with Crippen molar-refractivity contribution in [2.45, 2.75) is 12.6 Å². The van der Waals surface area contributed by atoms with E-state index in [9.17, 15) is 5.11 Å². The predicted molar refractivity (Wildman–Crippen MR) is 124 cm³/mol. The molecule has 0 radical (unpaired) electrons. The maximum atomic E-state index is 9.54. The Labute approximate surface area is 193 Å². The van der Waals surface area contributed by atoms with Crippen LogP contribution in [0, 0.1) is 0 Å². The first-order valence-electron chi connectivity index (χ1n) is 10.0. The van der Waals surface area contributed by atoms with E-state index in [4.69, 9.17) is 43.1 Å². The number of ether oxygens (including phenoxy) is 3. The average Bonchev–Trinajstić information content (AvgIpc) is 2.77. The number of aliphatic hydroxyl groups is 1. The van der Waals surface area contributed by atoms with Crippen molar-refractivity contribution in [3.63, 3.8) is 0 Å². The number of rotatable bonds is 8. The number of piperazine rings is 1. The van der Waals surface area contributed by atoms with Gasteiger partial charge in [0, 0.05) is 44.3 Å². The third-order valence-corrected chi connectivity index (χ3v) is 6.25. The summed E-state index contributed by atoms with van der Waals surface area (Å²) < 4.78 is 16.6. The molecule has 0 aliphatic carbocycles. The molecule has 1 fully saturated rings. The topological polar surface area (TPSA) is 80.4 Å². The summed E-state index contributed by atoms with van der Waals surface area (Å²) in [5.41, 5.74) is 8.28. The standard InChI is InChI=1S/C22H29Cl2N3O4/c1-29-19-5-4-14(21(30-2)22(19)31-3)12-26-6-7-27(8-9-28)18(13-26)15-10-16(23)20(25)17(24)11-15/h4-5,10-11,18,28H,6-9,12-13,25H2,1-3H3/t18-/m1/s1. The van der Waals surface area contributed by atoms with Crippen LogP contribution in [0.25, 0.3) is 0 Å². The Morgan fingerprint density at radius 3 is 2.29 bits per heavy atom. The molecule has 0 bridgehead atoms. The molecule has 0 unspecified atom stereocenters. The number of hydrogen-bond donors (Lipinski definition) is 2. The number of benzene rings is 2. The highest BCUT2D eigenvalue weighted by atomic mass is 35.5. The van der Waals surface area contributed by atoms with Gasteiger partial charge in [-0.25, -0.2) is 0 Å². The summed E-state index contributed by atoms with van der Waals surface area (Å²) in [6, 6.07) is 7.61. The molecule has 31 heavy (non-hydrogen) atoms. The van der Waals surface area contributed by atoms with Gasteiger partial charge in [0.2, 0.25) is 5.75 Å². The number of aliphatic hydroxyl groups excluding tert-OH is 1. The molecule has 1 aliphatic heterocycles. The van der Waals surface area contributed by atoms with E-state index in [0.29, 0.717) is 46.1 Å². The first-order valence-corrected chi connectivity index (χ1v) is 10.8. The molecule has 9 heteroatoms. The molecule has 3 rings (SSSR count). The Kier molecular flexibility index (Phi) is 8.13. The Bertz CT molecular complexity index is 890. The number of hydrogen-bond acceptors (Lipinski definition) is 7. The first kappa shape index (κ1) is 23.8. The highest BCUT2D eigenvalue weighted by Crippen LogP contribution is 2.41. The fourth-order valence-corrected chi connectivity index (χ4v) is 4.56. The van der Waals surface area contributed by atoms with Crippen LogP contribution < -0.4 is 19.9 Å². The minimum atomic E-state index is 0.0163. The maximum Gasteiger partial charge on any atom is 0.203 e. The van der Waals surface area contributed by atoms with E-state index in [1.54, 1.807) is 21.3 Å². The van der Waals surface area contributed by atoms with Crippen molar-refractivity contribution in [1.82, 2.24) is 9.80 Å². The van der Waals surface area contributed by atoms with Crippen molar-refractivity contribution in [2.75, 3.05) is 59.8 Å². The van der Waals surface area contributed by atoms with Crippen molar-refractivity contribution in [2.24, 2.45) is 0 Å². The van der Waals surface area contributed by atoms with E-state index < -0.39 is 0 Å². The molecule has 0 amide bonds. The van der Waals surface area contributed by atoms with Gasteiger partial charge < -0.3 is 25.1 Å². The fraction of sp³-hybridized carbons (Fsp3) is 0.455. The highest BCUT2D eigenvalue weighted by molar-refractivity contribution is 6.38. The average molecular weight is 470 g/mol. The quantitative estimate of drug-likeness (QED) is 0.572. The van der Waals surface area contributed by atoms with Gasteiger partial charge in [-0.2, -0.15) is 0 Å². The molecular weight excluding hydrogens is 441 g/mol. The van der Waals surface area contributed by atoms with E-state index >= 15 is 0 Å². The number of anilines is 1. The van der Waals surface area contributed by atoms with Crippen molar-refractivity contribution in [3.05, 3.63) is 45.4 Å². The summed E-state index contributed by atoms with van der Waals surface area (Å²) in [6.07, 6.45) is 0. The number of nitrogens with zero attached hydrogens (tertiary/aromatic N) is 2. The van der Waals surface area contributed by atoms with Crippen LogP contribution in [-0.2, 0) is 6.54 Å². The second-order valence-corrected chi connectivity index (χ2v) is 8.22. The predicted octanol–water partition coefficient (Wildman–Crippen LogP) is 3.45. The van der Waals surface area contributed by atoms with Gasteiger partial charge in [-0.3, -0.25) is 9.80 Å². The molecule has 0 saturated carbocycles. The first-order chi connectivity index (χ1) is 14.9. The molecule has 1 saturated heterocycles. The number of nitrogens with two attached hydrogens (primary N) is 1. The van der Waals surface area contributed by atoms with Crippen LogP contribution >= 0.6 is 23.2 Å².